The van der Waals surface area contributed by atoms with Gasteiger partial charge in [0.2, 0.25) is 10.0 Å². The SMILES string of the molecule is C.CC(C)CN(c1ccc(C2(C(=O)CS(C)(=O)=O)CC2)nc1Nc1ccc(Cl)cn1)C1CCOCC1.CC(C)CN(c1ccc(C2(C(=O)O)CC2)nc1Nc1ccc(Cl)cn1)C1CCOCC1.CS(N)(=O)=O. The fraction of sp³-hybridized carbons (Fsp3) is 0.560. The Kier molecular flexibility index (Phi) is 20.2. The van der Waals surface area contributed by atoms with E-state index in [4.69, 9.17) is 42.6 Å². The molecule has 4 aromatic rings. The van der Waals surface area contributed by atoms with E-state index in [0.717, 1.165) is 89.1 Å². The van der Waals surface area contributed by atoms with E-state index in [9.17, 15) is 31.5 Å². The number of ketones is 1. The maximum Gasteiger partial charge on any atom is 0.315 e. The average molecular weight is 1080 g/mol. The molecule has 22 heteroatoms. The van der Waals surface area contributed by atoms with Gasteiger partial charge in [-0.3, -0.25) is 9.59 Å². The number of carboxylic acid groups (broad SMARTS) is 1. The second-order valence-electron chi connectivity index (χ2n) is 19.7. The Labute approximate surface area is 435 Å². The number of nitrogens with one attached hydrogen (secondary N) is 2. The summed E-state index contributed by atoms with van der Waals surface area (Å²) in [5.74, 6) is 1.74. The standard InChI is InChI=1S/C25H33ClN4O4S.C23H29ClN4O3.CH5NO2S.CH4/c1-17(2)15-30(19-8-12-34-13-9-19)20-5-6-21(25(10-11-25)22(31)16-35(3,32)33)28-24(20)29-23-7-4-18(26)14-27-23;1-15(2)14-28(17-7-11-31-12-8-17)18-4-5-19(23(9-10-23)22(29)30)26-21(18)27-20-6-3-16(24)13-25-20;1-5(2,3)4;/h4-7,14,17,19H,8-13,15-16H2,1-3H3,(H,27,28,29);3-6,13,15,17H,7-12,14H2,1-2H3,(H,29,30)(H,25,26,27);1H3,(H2,2,3,4);1H4. The summed E-state index contributed by atoms with van der Waals surface area (Å²) in [5.41, 5.74) is 1.37. The maximum atomic E-state index is 13.0. The molecule has 72 heavy (non-hydrogen) atoms. The number of rotatable bonds is 18. The predicted octanol–water partition coefficient (Wildman–Crippen LogP) is 8.33. The normalized spacial score (nSPS) is 17.3. The van der Waals surface area contributed by atoms with Crippen molar-refractivity contribution in [3.8, 4) is 0 Å². The van der Waals surface area contributed by atoms with Gasteiger partial charge in [0.1, 0.15) is 22.8 Å². The zero-order valence-electron chi connectivity index (χ0n) is 41.2. The molecule has 0 aromatic carbocycles. The second kappa shape index (κ2) is 25.0. The molecule has 4 aromatic heterocycles. The van der Waals surface area contributed by atoms with E-state index < -0.39 is 42.4 Å². The Bertz CT molecular complexity index is 2670. The smallest absolute Gasteiger partial charge is 0.315 e. The van der Waals surface area contributed by atoms with Crippen LogP contribution >= 0.6 is 23.2 Å². The Morgan fingerprint density at radius 2 is 1.07 bits per heavy atom. The highest BCUT2D eigenvalue weighted by molar-refractivity contribution is 7.91. The first kappa shape index (κ1) is 58.2. The van der Waals surface area contributed by atoms with Gasteiger partial charge in [-0.1, -0.05) is 58.3 Å². The van der Waals surface area contributed by atoms with E-state index in [0.29, 0.717) is 94.3 Å². The van der Waals surface area contributed by atoms with Gasteiger partial charge in [-0.25, -0.2) is 41.9 Å². The lowest BCUT2D eigenvalue weighted by atomic mass is 9.96. The van der Waals surface area contributed by atoms with Gasteiger partial charge in [0, 0.05) is 70.3 Å². The molecular weight excluding hydrogens is 1010 g/mol. The summed E-state index contributed by atoms with van der Waals surface area (Å²) in [7, 11) is -6.59. The summed E-state index contributed by atoms with van der Waals surface area (Å²) in [6.45, 7) is 13.4. The van der Waals surface area contributed by atoms with Crippen molar-refractivity contribution in [3.05, 3.63) is 82.4 Å². The van der Waals surface area contributed by atoms with Crippen molar-refractivity contribution >= 4 is 89.5 Å². The number of Topliss-reactive ketones (excluding diaryl/α,β-unsaturated/α-hetero) is 1. The Balaban J connectivity index is 0.000000243. The van der Waals surface area contributed by atoms with E-state index in [1.807, 2.05) is 24.3 Å². The molecule has 396 valence electrons. The lowest BCUT2D eigenvalue weighted by Gasteiger charge is -2.38. The van der Waals surface area contributed by atoms with Crippen LogP contribution < -0.4 is 25.6 Å². The molecule has 8 rings (SSSR count). The minimum Gasteiger partial charge on any atom is -0.481 e. The molecule has 4 fully saturated rings. The van der Waals surface area contributed by atoms with Crippen LogP contribution in [0.4, 0.5) is 34.6 Å². The summed E-state index contributed by atoms with van der Waals surface area (Å²) >= 11 is 12.0. The highest BCUT2D eigenvalue weighted by Crippen LogP contribution is 2.50. The molecule has 0 spiro atoms. The Morgan fingerprint density at radius 1 is 0.694 bits per heavy atom. The molecule has 0 atom stereocenters. The third-order valence-corrected chi connectivity index (χ3v) is 13.8. The summed E-state index contributed by atoms with van der Waals surface area (Å²) in [6, 6.07) is 15.5. The van der Waals surface area contributed by atoms with Crippen LogP contribution in [0.15, 0.2) is 60.9 Å². The van der Waals surface area contributed by atoms with E-state index >= 15 is 0 Å². The number of sulfonamides is 1. The summed E-state index contributed by atoms with van der Waals surface area (Å²) in [6.07, 6.45) is 11.3. The zero-order chi connectivity index (χ0) is 51.7. The number of carbonyl (C=O) groups is 2. The molecule has 0 bridgehead atoms. The van der Waals surface area contributed by atoms with Crippen molar-refractivity contribution in [1.29, 1.82) is 0 Å². The number of ether oxygens (including phenoxy) is 2. The number of hydrogen-bond donors (Lipinski definition) is 4. The molecule has 2 aliphatic heterocycles. The average Bonchev–Trinajstić information content (AvgIpc) is 4.25. The van der Waals surface area contributed by atoms with E-state index in [1.54, 1.807) is 36.7 Å². The number of carbonyl (C=O) groups excluding carboxylic acids is 1. The largest absolute Gasteiger partial charge is 0.481 e. The molecule has 2 aliphatic carbocycles. The fourth-order valence-corrected chi connectivity index (χ4v) is 9.75. The highest BCUT2D eigenvalue weighted by atomic mass is 35.5. The lowest BCUT2D eigenvalue weighted by Crippen LogP contribution is -2.42. The number of nitrogens with two attached hydrogens (primary N) is 1. The summed E-state index contributed by atoms with van der Waals surface area (Å²) in [4.78, 5) is 48.1. The second-order valence-corrected chi connectivity index (χ2v) is 24.3. The zero-order valence-corrected chi connectivity index (χ0v) is 44.4. The van der Waals surface area contributed by atoms with E-state index in [1.165, 1.54) is 0 Å². The molecule has 4 aliphatic rings. The van der Waals surface area contributed by atoms with Gasteiger partial charge in [-0.2, -0.15) is 0 Å². The number of aliphatic carboxylic acids is 1. The number of aromatic nitrogens is 4. The third kappa shape index (κ3) is 16.4. The summed E-state index contributed by atoms with van der Waals surface area (Å²) in [5, 5.41) is 21.8. The van der Waals surface area contributed by atoms with E-state index in [-0.39, 0.29) is 13.2 Å². The number of pyridine rings is 4. The van der Waals surface area contributed by atoms with Crippen molar-refractivity contribution in [3.63, 3.8) is 0 Å². The number of primary sulfonamides is 1. The van der Waals surface area contributed by atoms with Gasteiger partial charge in [-0.15, -0.1) is 0 Å². The molecule has 2 saturated heterocycles. The molecule has 0 radical (unpaired) electrons. The molecule has 6 heterocycles. The number of halogens is 2. The van der Waals surface area contributed by atoms with Crippen LogP contribution in [0.1, 0.15) is 97.9 Å². The molecule has 18 nitrogen and oxygen atoms in total. The van der Waals surface area contributed by atoms with Crippen LogP contribution in [0.25, 0.3) is 0 Å². The lowest BCUT2D eigenvalue weighted by molar-refractivity contribution is -0.140. The Morgan fingerprint density at radius 3 is 1.38 bits per heavy atom. The highest BCUT2D eigenvalue weighted by Gasteiger charge is 2.54. The summed E-state index contributed by atoms with van der Waals surface area (Å²) < 4.78 is 53.6. The number of nitrogens with zero attached hydrogens (tertiary/aromatic N) is 6. The van der Waals surface area contributed by atoms with Gasteiger partial charge in [0.15, 0.2) is 27.3 Å². The third-order valence-electron chi connectivity index (χ3n) is 12.5. The Hall–Kier alpha value is -4.70. The fourth-order valence-electron chi connectivity index (χ4n) is 8.78. The number of anilines is 6. The van der Waals surface area contributed by atoms with Crippen LogP contribution in [0.3, 0.4) is 0 Å². The van der Waals surface area contributed by atoms with Crippen molar-refractivity contribution in [2.75, 3.05) is 78.2 Å². The van der Waals surface area contributed by atoms with Gasteiger partial charge < -0.3 is 35.0 Å². The first-order valence-electron chi connectivity index (χ1n) is 23.9. The first-order chi connectivity index (χ1) is 33.5. The van der Waals surface area contributed by atoms with Crippen LogP contribution in [-0.2, 0) is 49.8 Å². The van der Waals surface area contributed by atoms with Crippen LogP contribution in [0.2, 0.25) is 10.0 Å². The maximum absolute atomic E-state index is 13.0. The number of carboxylic acids is 1. The monoisotopic (exact) mass is 1080 g/mol. The molecule has 0 amide bonds. The van der Waals surface area contributed by atoms with Gasteiger partial charge >= 0.3 is 5.97 Å². The van der Waals surface area contributed by atoms with Crippen molar-refractivity contribution in [2.45, 2.75) is 109 Å². The topological polar surface area (TPSA) is 249 Å². The van der Waals surface area contributed by atoms with Gasteiger partial charge in [-0.05, 0) is 112 Å². The van der Waals surface area contributed by atoms with Crippen molar-refractivity contribution in [1.82, 2.24) is 19.9 Å². The van der Waals surface area contributed by atoms with Crippen molar-refractivity contribution in [2.24, 2.45) is 17.0 Å². The number of hydrogen-bond acceptors (Lipinski definition) is 16. The van der Waals surface area contributed by atoms with Crippen molar-refractivity contribution < 1.29 is 41.0 Å². The van der Waals surface area contributed by atoms with E-state index in [2.05, 4.69) is 63.2 Å². The minimum atomic E-state index is -3.42. The first-order valence-corrected chi connectivity index (χ1v) is 28.6. The molecular formula is C50H71Cl2N9O9S2. The molecule has 2 saturated carbocycles. The molecule has 5 N–H and O–H groups in total. The van der Waals surface area contributed by atoms with Gasteiger partial charge in [0.25, 0.3) is 0 Å². The molecule has 0 unspecified atom stereocenters. The predicted molar refractivity (Wildman–Crippen MR) is 286 cm³/mol. The minimum absolute atomic E-state index is 0. The van der Waals surface area contributed by atoms with Crippen LogP contribution in [0.5, 0.6) is 0 Å². The number of sulfone groups is 1. The van der Waals surface area contributed by atoms with Gasteiger partial charge in [0.05, 0.1) is 44.5 Å². The quantitative estimate of drug-likeness (QED) is 0.0731. The van der Waals surface area contributed by atoms with Crippen LogP contribution in [0, 0.1) is 11.8 Å². The van der Waals surface area contributed by atoms with Crippen LogP contribution in [-0.4, -0.2) is 123 Å².